The smallest absolute Gasteiger partial charge is 0.0862 e. The minimum absolute atomic E-state index is 0.252. The maximum Gasteiger partial charge on any atom is 0.121 e. The fourth-order valence-electron chi connectivity index (χ4n) is 1.57. The van der Waals surface area contributed by atoms with Crippen LogP contribution in [0.5, 0.6) is 0 Å². The van der Waals surface area contributed by atoms with Gasteiger partial charge in [0.2, 0.25) is 0 Å². The standard InChI is InChI=1S/C8H13Cl3Si/c1-12(2,3)6-4-5(6)7(9)8(10)11/h5-6H,4H2,1-3H3/t5-,6+/m1/s1. The molecular weight excluding hydrogens is 231 g/mol. The lowest BCUT2D eigenvalue weighted by molar-refractivity contribution is 1.07. The molecule has 1 aliphatic rings. The summed E-state index contributed by atoms with van der Waals surface area (Å²) in [6.07, 6.45) is 1.18. The molecule has 0 bridgehead atoms. The van der Waals surface area contributed by atoms with Crippen LogP contribution in [0.15, 0.2) is 9.52 Å². The van der Waals surface area contributed by atoms with Gasteiger partial charge in [0.25, 0.3) is 0 Å². The summed E-state index contributed by atoms with van der Waals surface area (Å²) >= 11 is 17.2. The zero-order valence-corrected chi connectivity index (χ0v) is 10.8. The Hall–Kier alpha value is 0.827. The highest BCUT2D eigenvalue weighted by Crippen LogP contribution is 2.57. The van der Waals surface area contributed by atoms with Crippen molar-refractivity contribution in [2.45, 2.75) is 31.6 Å². The molecule has 0 saturated heterocycles. The van der Waals surface area contributed by atoms with Gasteiger partial charge in [-0.2, -0.15) is 0 Å². The monoisotopic (exact) mass is 242 g/mol. The molecule has 1 rings (SSSR count). The summed E-state index contributed by atoms with van der Waals surface area (Å²) in [4.78, 5) is 0. The van der Waals surface area contributed by atoms with Crippen LogP contribution in [0.1, 0.15) is 6.42 Å². The molecule has 0 aromatic carbocycles. The lowest BCUT2D eigenvalue weighted by Crippen LogP contribution is -2.20. The largest absolute Gasteiger partial charge is 0.121 e. The second-order valence-corrected chi connectivity index (χ2v) is 11.3. The first kappa shape index (κ1) is 10.9. The van der Waals surface area contributed by atoms with Crippen LogP contribution in [0.25, 0.3) is 0 Å². The Morgan fingerprint density at radius 3 is 1.92 bits per heavy atom. The van der Waals surface area contributed by atoms with E-state index in [0.29, 0.717) is 11.0 Å². The molecule has 0 aromatic heterocycles. The van der Waals surface area contributed by atoms with E-state index in [4.69, 9.17) is 34.8 Å². The number of hydrogen-bond acceptors (Lipinski definition) is 0. The van der Waals surface area contributed by atoms with Gasteiger partial charge in [-0.05, 0) is 17.9 Å². The van der Waals surface area contributed by atoms with Crippen molar-refractivity contribution in [2.75, 3.05) is 0 Å². The lowest BCUT2D eigenvalue weighted by Gasteiger charge is -2.15. The first-order chi connectivity index (χ1) is 5.34. The molecule has 1 saturated carbocycles. The second-order valence-electron chi connectivity index (χ2n) is 4.42. The number of halogens is 3. The minimum Gasteiger partial charge on any atom is -0.0862 e. The van der Waals surface area contributed by atoms with E-state index in [0.717, 1.165) is 5.54 Å². The first-order valence-electron chi connectivity index (χ1n) is 4.04. The maximum absolute atomic E-state index is 5.95. The van der Waals surface area contributed by atoms with Crippen molar-refractivity contribution in [3.8, 4) is 0 Å². The average molecular weight is 244 g/mol. The van der Waals surface area contributed by atoms with Crippen molar-refractivity contribution in [2.24, 2.45) is 5.92 Å². The van der Waals surface area contributed by atoms with Crippen LogP contribution < -0.4 is 0 Å². The Balaban J connectivity index is 2.60. The van der Waals surface area contributed by atoms with Crippen LogP contribution in [0.3, 0.4) is 0 Å². The Bertz CT molecular complexity index is 213. The molecule has 1 fully saturated rings. The summed E-state index contributed by atoms with van der Waals surface area (Å²) in [5, 5.41) is 0.672. The third-order valence-corrected chi connectivity index (χ3v) is 6.34. The quantitative estimate of drug-likeness (QED) is 0.622. The highest BCUT2D eigenvalue weighted by Gasteiger charge is 2.48. The summed E-state index contributed by atoms with van der Waals surface area (Å²) < 4.78 is 0.252. The summed E-state index contributed by atoms with van der Waals surface area (Å²) in [5.41, 5.74) is 0.775. The maximum atomic E-state index is 5.95. The van der Waals surface area contributed by atoms with Gasteiger partial charge in [0.05, 0.1) is 5.03 Å². The zero-order chi connectivity index (χ0) is 9.52. The van der Waals surface area contributed by atoms with E-state index in [1.165, 1.54) is 6.42 Å². The van der Waals surface area contributed by atoms with Gasteiger partial charge in [0, 0.05) is 8.07 Å². The fourth-order valence-corrected chi connectivity index (χ4v) is 4.53. The van der Waals surface area contributed by atoms with Crippen molar-refractivity contribution in [3.05, 3.63) is 9.52 Å². The molecule has 0 amide bonds. The molecule has 2 atom stereocenters. The molecule has 0 nitrogen and oxygen atoms in total. The van der Waals surface area contributed by atoms with E-state index in [1.807, 2.05) is 0 Å². The van der Waals surface area contributed by atoms with Crippen LogP contribution in [0.4, 0.5) is 0 Å². The Labute approximate surface area is 89.9 Å². The van der Waals surface area contributed by atoms with Gasteiger partial charge in [-0.25, -0.2) is 0 Å². The van der Waals surface area contributed by atoms with Gasteiger partial charge >= 0.3 is 0 Å². The van der Waals surface area contributed by atoms with Crippen LogP contribution in [0, 0.1) is 5.92 Å². The molecule has 70 valence electrons. The molecular formula is C8H13Cl3Si. The summed E-state index contributed by atoms with van der Waals surface area (Å²) in [6.45, 7) is 7.05. The Morgan fingerprint density at radius 2 is 1.67 bits per heavy atom. The molecule has 0 heterocycles. The predicted molar refractivity (Wildman–Crippen MR) is 59.8 cm³/mol. The van der Waals surface area contributed by atoms with Crippen LogP contribution in [-0.4, -0.2) is 8.07 Å². The van der Waals surface area contributed by atoms with E-state index >= 15 is 0 Å². The normalized spacial score (nSPS) is 28.5. The molecule has 12 heavy (non-hydrogen) atoms. The van der Waals surface area contributed by atoms with Crippen molar-refractivity contribution in [1.82, 2.24) is 0 Å². The molecule has 0 unspecified atom stereocenters. The lowest BCUT2D eigenvalue weighted by atomic mass is 10.4. The van der Waals surface area contributed by atoms with Gasteiger partial charge < -0.3 is 0 Å². The van der Waals surface area contributed by atoms with Crippen LogP contribution in [0.2, 0.25) is 25.2 Å². The second kappa shape index (κ2) is 3.53. The van der Waals surface area contributed by atoms with Gasteiger partial charge in [-0.1, -0.05) is 54.4 Å². The minimum atomic E-state index is -1.03. The highest BCUT2D eigenvalue weighted by molar-refractivity contribution is 6.78. The van der Waals surface area contributed by atoms with Crippen LogP contribution >= 0.6 is 34.8 Å². The molecule has 4 heteroatoms. The summed E-state index contributed by atoms with van der Waals surface area (Å²) in [5.74, 6) is 0.461. The van der Waals surface area contributed by atoms with E-state index in [1.54, 1.807) is 0 Å². The first-order valence-corrected chi connectivity index (χ1v) is 8.76. The van der Waals surface area contributed by atoms with Crippen LogP contribution in [-0.2, 0) is 0 Å². The Morgan fingerprint density at radius 1 is 1.17 bits per heavy atom. The van der Waals surface area contributed by atoms with Crippen molar-refractivity contribution in [1.29, 1.82) is 0 Å². The van der Waals surface area contributed by atoms with Gasteiger partial charge in [-0.3, -0.25) is 0 Å². The zero-order valence-electron chi connectivity index (χ0n) is 7.50. The van der Waals surface area contributed by atoms with E-state index in [2.05, 4.69) is 19.6 Å². The SMILES string of the molecule is C[Si](C)(C)[C@H]1C[C@H]1C(Cl)=C(Cl)Cl. The van der Waals surface area contributed by atoms with E-state index in [-0.39, 0.29) is 4.49 Å². The molecule has 1 aliphatic carbocycles. The van der Waals surface area contributed by atoms with Crippen molar-refractivity contribution >= 4 is 42.9 Å². The third-order valence-electron chi connectivity index (χ3n) is 2.41. The highest BCUT2D eigenvalue weighted by atomic mass is 35.5. The predicted octanol–water partition coefficient (Wildman–Crippen LogP) is 4.60. The molecule has 0 radical (unpaired) electrons. The number of hydrogen-bond donors (Lipinski definition) is 0. The van der Waals surface area contributed by atoms with Gasteiger partial charge in [-0.15, -0.1) is 0 Å². The number of rotatable bonds is 2. The average Bonchev–Trinajstić information content (AvgIpc) is 2.61. The van der Waals surface area contributed by atoms with Gasteiger partial charge in [0.1, 0.15) is 4.49 Å². The molecule has 0 spiro atoms. The molecule has 0 aromatic rings. The van der Waals surface area contributed by atoms with E-state index in [9.17, 15) is 0 Å². The number of allylic oxidation sites excluding steroid dienone is 1. The molecule has 0 aliphatic heterocycles. The Kier molecular flexibility index (Phi) is 3.20. The van der Waals surface area contributed by atoms with Crippen molar-refractivity contribution < 1.29 is 0 Å². The summed E-state index contributed by atoms with van der Waals surface area (Å²) in [7, 11) is -1.03. The third kappa shape index (κ3) is 2.41. The summed E-state index contributed by atoms with van der Waals surface area (Å²) in [6, 6.07) is 0. The van der Waals surface area contributed by atoms with Crippen molar-refractivity contribution in [3.63, 3.8) is 0 Å². The van der Waals surface area contributed by atoms with E-state index < -0.39 is 8.07 Å². The fraction of sp³-hybridized carbons (Fsp3) is 0.750. The topological polar surface area (TPSA) is 0 Å². The molecule has 0 N–H and O–H groups in total. The van der Waals surface area contributed by atoms with Gasteiger partial charge in [0.15, 0.2) is 0 Å².